The van der Waals surface area contributed by atoms with Crippen LogP contribution in [0.4, 0.5) is 8.78 Å². The molecule has 0 fully saturated rings. The van der Waals surface area contributed by atoms with E-state index in [2.05, 4.69) is 21.2 Å². The maximum Gasteiger partial charge on any atom is 0.257 e. The van der Waals surface area contributed by atoms with Crippen LogP contribution >= 0.6 is 15.9 Å². The van der Waals surface area contributed by atoms with Gasteiger partial charge in [-0.05, 0) is 31.4 Å². The first-order valence-electron chi connectivity index (χ1n) is 5.60. The van der Waals surface area contributed by atoms with E-state index in [1.807, 2.05) is 0 Å². The van der Waals surface area contributed by atoms with Gasteiger partial charge in [-0.25, -0.2) is 8.78 Å². The van der Waals surface area contributed by atoms with E-state index >= 15 is 0 Å². The first kappa shape index (κ1) is 15.0. The van der Waals surface area contributed by atoms with Gasteiger partial charge in [-0.2, -0.15) is 0 Å². The minimum Gasteiger partial charge on any atom is -0.396 e. The first-order valence-corrected chi connectivity index (χ1v) is 6.39. The third-order valence-electron chi connectivity index (χ3n) is 2.35. The number of hydrogen-bond donors (Lipinski definition) is 2. The van der Waals surface area contributed by atoms with Crippen LogP contribution in [0.5, 0.6) is 0 Å². The van der Waals surface area contributed by atoms with Crippen LogP contribution in [0.3, 0.4) is 0 Å². The van der Waals surface area contributed by atoms with Crippen LogP contribution < -0.4 is 5.32 Å². The molecule has 1 aromatic carbocycles. The van der Waals surface area contributed by atoms with Gasteiger partial charge in [0.15, 0.2) is 0 Å². The van der Waals surface area contributed by atoms with Gasteiger partial charge in [-0.15, -0.1) is 0 Å². The van der Waals surface area contributed by atoms with Gasteiger partial charge in [0.05, 0.1) is 0 Å². The summed E-state index contributed by atoms with van der Waals surface area (Å²) >= 11 is 2.94. The molecule has 0 bridgehead atoms. The van der Waals surface area contributed by atoms with Gasteiger partial charge >= 0.3 is 0 Å². The second kappa shape index (κ2) is 7.43. The monoisotopic (exact) mass is 321 g/mol. The van der Waals surface area contributed by atoms with Gasteiger partial charge in [-0.1, -0.05) is 15.9 Å². The number of benzene rings is 1. The zero-order valence-electron chi connectivity index (χ0n) is 9.68. The summed E-state index contributed by atoms with van der Waals surface area (Å²) in [5, 5.41) is 11.0. The van der Waals surface area contributed by atoms with Gasteiger partial charge in [0, 0.05) is 17.6 Å². The number of carbonyl (C=O) groups excluding carboxylic acids is 1. The van der Waals surface area contributed by atoms with Crippen molar-refractivity contribution in [2.45, 2.75) is 19.3 Å². The van der Waals surface area contributed by atoms with Crippen molar-refractivity contribution in [3.63, 3.8) is 0 Å². The molecule has 6 heteroatoms. The fourth-order valence-electron chi connectivity index (χ4n) is 1.46. The summed E-state index contributed by atoms with van der Waals surface area (Å²) in [7, 11) is 0. The molecule has 2 N–H and O–H groups in total. The van der Waals surface area contributed by atoms with Crippen molar-refractivity contribution in [3.05, 3.63) is 33.8 Å². The maximum absolute atomic E-state index is 13.4. The largest absolute Gasteiger partial charge is 0.396 e. The van der Waals surface area contributed by atoms with Crippen LogP contribution in [0.15, 0.2) is 16.6 Å². The Morgan fingerprint density at radius 2 is 1.83 bits per heavy atom. The molecule has 18 heavy (non-hydrogen) atoms. The lowest BCUT2D eigenvalue weighted by Crippen LogP contribution is -2.26. The molecule has 1 aromatic rings. The third kappa shape index (κ3) is 4.34. The summed E-state index contributed by atoms with van der Waals surface area (Å²) < 4.78 is 27.1. The Hall–Kier alpha value is -1.01. The zero-order valence-corrected chi connectivity index (χ0v) is 11.3. The summed E-state index contributed by atoms with van der Waals surface area (Å²) in [5.74, 6) is -2.55. The van der Waals surface area contributed by atoms with Crippen LogP contribution in [-0.4, -0.2) is 24.2 Å². The lowest BCUT2D eigenvalue weighted by molar-refractivity contribution is 0.0944. The molecule has 1 amide bonds. The topological polar surface area (TPSA) is 49.3 Å². The number of carbonyl (C=O) groups is 1. The second-order valence-electron chi connectivity index (χ2n) is 3.78. The fraction of sp³-hybridized carbons (Fsp3) is 0.417. The highest BCUT2D eigenvalue weighted by molar-refractivity contribution is 9.10. The van der Waals surface area contributed by atoms with Gasteiger partial charge in [0.25, 0.3) is 5.91 Å². The number of rotatable bonds is 6. The Morgan fingerprint density at radius 3 is 2.39 bits per heavy atom. The number of hydrogen-bond acceptors (Lipinski definition) is 2. The molecular formula is C12H14BrF2NO2. The number of amides is 1. The number of aliphatic hydroxyl groups excluding tert-OH is 1. The number of unbranched alkanes of at least 4 members (excludes halogenated alkanes) is 2. The summed E-state index contributed by atoms with van der Waals surface area (Å²) in [5.41, 5.74) is -0.569. The van der Waals surface area contributed by atoms with Gasteiger partial charge in [0.2, 0.25) is 0 Å². The molecule has 0 spiro atoms. The minimum absolute atomic E-state index is 0.101. The Kier molecular flexibility index (Phi) is 6.21. The molecule has 0 aromatic heterocycles. The molecule has 0 aliphatic carbocycles. The molecular weight excluding hydrogens is 308 g/mol. The van der Waals surface area contributed by atoms with E-state index in [0.717, 1.165) is 18.6 Å². The molecule has 0 unspecified atom stereocenters. The van der Waals surface area contributed by atoms with Gasteiger partial charge in [-0.3, -0.25) is 4.79 Å². The van der Waals surface area contributed by atoms with Crippen molar-refractivity contribution in [2.24, 2.45) is 0 Å². The molecule has 0 aliphatic heterocycles. The van der Waals surface area contributed by atoms with Crippen LogP contribution in [0, 0.1) is 11.6 Å². The fourth-order valence-corrected chi connectivity index (χ4v) is 1.86. The van der Waals surface area contributed by atoms with Crippen molar-refractivity contribution in [1.82, 2.24) is 5.32 Å². The highest BCUT2D eigenvalue weighted by atomic mass is 79.9. The van der Waals surface area contributed by atoms with Crippen molar-refractivity contribution in [2.75, 3.05) is 13.2 Å². The lowest BCUT2D eigenvalue weighted by Gasteiger charge is -2.07. The van der Waals surface area contributed by atoms with E-state index in [1.54, 1.807) is 0 Å². The Balaban J connectivity index is 2.57. The van der Waals surface area contributed by atoms with E-state index < -0.39 is 23.1 Å². The predicted octanol–water partition coefficient (Wildman–Crippen LogP) is 2.62. The molecule has 0 radical (unpaired) electrons. The molecule has 3 nitrogen and oxygen atoms in total. The molecule has 0 saturated heterocycles. The van der Waals surface area contributed by atoms with Crippen LogP contribution in [0.1, 0.15) is 29.6 Å². The Labute approximate surface area is 112 Å². The van der Waals surface area contributed by atoms with Gasteiger partial charge < -0.3 is 10.4 Å². The highest BCUT2D eigenvalue weighted by Crippen LogP contribution is 2.19. The highest BCUT2D eigenvalue weighted by Gasteiger charge is 2.17. The molecule has 0 aliphatic rings. The average molecular weight is 322 g/mol. The van der Waals surface area contributed by atoms with E-state index in [1.165, 1.54) is 0 Å². The number of halogens is 3. The van der Waals surface area contributed by atoms with Gasteiger partial charge in [0.1, 0.15) is 17.2 Å². The van der Waals surface area contributed by atoms with Crippen molar-refractivity contribution in [1.29, 1.82) is 0 Å². The van der Waals surface area contributed by atoms with Crippen molar-refractivity contribution >= 4 is 21.8 Å². The first-order chi connectivity index (χ1) is 8.56. The minimum atomic E-state index is -0.894. The van der Waals surface area contributed by atoms with E-state index in [0.29, 0.717) is 19.4 Å². The van der Waals surface area contributed by atoms with Crippen LogP contribution in [0.25, 0.3) is 0 Å². The maximum atomic E-state index is 13.4. The molecule has 0 atom stereocenters. The molecule has 0 saturated carbocycles. The number of nitrogens with one attached hydrogen (secondary N) is 1. The molecule has 0 heterocycles. The smallest absolute Gasteiger partial charge is 0.257 e. The van der Waals surface area contributed by atoms with E-state index in [4.69, 9.17) is 5.11 Å². The Morgan fingerprint density at radius 1 is 1.22 bits per heavy atom. The SMILES string of the molecule is O=C(NCCCCCO)c1c(F)cc(Br)cc1F. The third-order valence-corrected chi connectivity index (χ3v) is 2.81. The quantitative estimate of drug-likeness (QED) is 0.791. The molecule has 100 valence electrons. The standard InChI is InChI=1S/C12H14BrF2NO2/c13-8-6-9(14)11(10(15)7-8)12(18)16-4-2-1-3-5-17/h6-7,17H,1-5H2,(H,16,18). The zero-order chi connectivity index (χ0) is 13.5. The van der Waals surface area contributed by atoms with E-state index in [9.17, 15) is 13.6 Å². The second-order valence-corrected chi connectivity index (χ2v) is 4.70. The van der Waals surface area contributed by atoms with E-state index in [-0.39, 0.29) is 11.1 Å². The number of aliphatic hydroxyl groups is 1. The van der Waals surface area contributed by atoms with Crippen molar-refractivity contribution < 1.29 is 18.7 Å². The summed E-state index contributed by atoms with van der Waals surface area (Å²) in [6.45, 7) is 0.428. The summed E-state index contributed by atoms with van der Waals surface area (Å²) in [6.07, 6.45) is 2.06. The Bertz CT molecular complexity index is 404. The lowest BCUT2D eigenvalue weighted by atomic mass is 10.1. The normalized spacial score (nSPS) is 10.4. The average Bonchev–Trinajstić information content (AvgIpc) is 2.27. The predicted molar refractivity (Wildman–Crippen MR) is 67.3 cm³/mol. The molecule has 1 rings (SSSR count). The summed E-state index contributed by atoms with van der Waals surface area (Å²) in [4.78, 5) is 11.6. The van der Waals surface area contributed by atoms with Crippen LogP contribution in [-0.2, 0) is 0 Å². The van der Waals surface area contributed by atoms with Crippen molar-refractivity contribution in [3.8, 4) is 0 Å². The van der Waals surface area contributed by atoms with Crippen LogP contribution in [0.2, 0.25) is 0 Å². The summed E-state index contributed by atoms with van der Waals surface area (Å²) in [6, 6.07) is 2.09.